The Morgan fingerprint density at radius 1 is 1.19 bits per heavy atom. The second kappa shape index (κ2) is 11.9. The first-order valence-electron chi connectivity index (χ1n) is 8.26. The summed E-state index contributed by atoms with van der Waals surface area (Å²) in [6.07, 6.45) is 0. The quantitative estimate of drug-likeness (QED) is 0.332. The van der Waals surface area contributed by atoms with Crippen molar-refractivity contribution in [1.82, 2.24) is 10.6 Å². The predicted octanol–water partition coefficient (Wildman–Crippen LogP) is 4.37. The fourth-order valence-corrected chi connectivity index (χ4v) is 2.67. The summed E-state index contributed by atoms with van der Waals surface area (Å²) in [7, 11) is 3.22. The highest BCUT2D eigenvalue weighted by atomic mass is 127. The van der Waals surface area contributed by atoms with Crippen LogP contribution < -0.4 is 20.1 Å². The lowest BCUT2D eigenvalue weighted by atomic mass is 10.2. The molecule has 0 amide bonds. The van der Waals surface area contributed by atoms with Crippen molar-refractivity contribution in [3.05, 3.63) is 58.4 Å². The summed E-state index contributed by atoms with van der Waals surface area (Å²) in [6, 6.07) is 10.3. The second-order valence-corrected chi connectivity index (χ2v) is 5.82. The van der Waals surface area contributed by atoms with Crippen molar-refractivity contribution in [3.63, 3.8) is 0 Å². The number of rotatable bonds is 7. The molecule has 0 spiro atoms. The van der Waals surface area contributed by atoms with Gasteiger partial charge in [-0.05, 0) is 30.7 Å². The topological polar surface area (TPSA) is 54.9 Å². The number of aliphatic imine (C=N–C) groups is 1. The minimum Gasteiger partial charge on any atom is -0.493 e. The van der Waals surface area contributed by atoms with Crippen LogP contribution in [-0.2, 0) is 13.1 Å². The average Bonchev–Trinajstić information content (AvgIpc) is 2.65. The molecule has 0 saturated carbocycles. The van der Waals surface area contributed by atoms with E-state index in [2.05, 4.69) is 15.6 Å². The Morgan fingerprint density at radius 2 is 1.89 bits per heavy atom. The van der Waals surface area contributed by atoms with Crippen LogP contribution in [0.25, 0.3) is 0 Å². The molecule has 0 bridgehead atoms. The van der Waals surface area contributed by atoms with Crippen LogP contribution in [0.15, 0.2) is 41.4 Å². The van der Waals surface area contributed by atoms with Gasteiger partial charge in [-0.15, -0.1) is 24.0 Å². The highest BCUT2D eigenvalue weighted by Crippen LogP contribution is 2.36. The molecule has 0 unspecified atom stereocenters. The number of benzene rings is 2. The summed E-state index contributed by atoms with van der Waals surface area (Å²) in [5, 5.41) is 6.73. The van der Waals surface area contributed by atoms with E-state index in [0.717, 1.165) is 5.56 Å². The molecule has 0 atom stereocenters. The second-order valence-electron chi connectivity index (χ2n) is 5.41. The van der Waals surface area contributed by atoms with Crippen LogP contribution in [0, 0.1) is 5.82 Å². The average molecular weight is 508 g/mol. The van der Waals surface area contributed by atoms with Gasteiger partial charge in [-0.1, -0.05) is 29.8 Å². The number of guanidine groups is 1. The van der Waals surface area contributed by atoms with Crippen molar-refractivity contribution in [3.8, 4) is 11.5 Å². The Hall–Kier alpha value is -1.74. The van der Waals surface area contributed by atoms with E-state index in [1.54, 1.807) is 32.4 Å². The maximum Gasteiger partial charge on any atom is 0.191 e. The maximum absolute atomic E-state index is 13.7. The van der Waals surface area contributed by atoms with Gasteiger partial charge in [-0.2, -0.15) is 0 Å². The van der Waals surface area contributed by atoms with E-state index in [4.69, 9.17) is 21.1 Å². The minimum absolute atomic E-state index is 0. The van der Waals surface area contributed by atoms with Crippen LogP contribution in [0.3, 0.4) is 0 Å². The molecule has 2 N–H and O–H groups in total. The Labute approximate surface area is 181 Å². The maximum atomic E-state index is 13.7. The Bertz CT molecular complexity index is 775. The summed E-state index contributed by atoms with van der Waals surface area (Å²) in [4.78, 5) is 4.14. The van der Waals surface area contributed by atoms with Crippen molar-refractivity contribution in [2.75, 3.05) is 20.8 Å². The van der Waals surface area contributed by atoms with Gasteiger partial charge >= 0.3 is 0 Å². The van der Waals surface area contributed by atoms with Crippen LogP contribution >= 0.6 is 35.6 Å². The largest absolute Gasteiger partial charge is 0.493 e. The zero-order chi connectivity index (χ0) is 18.9. The van der Waals surface area contributed by atoms with Crippen molar-refractivity contribution < 1.29 is 13.9 Å². The first-order valence-corrected chi connectivity index (χ1v) is 8.64. The van der Waals surface area contributed by atoms with Crippen LogP contribution in [0.4, 0.5) is 4.39 Å². The van der Waals surface area contributed by atoms with Crippen LogP contribution in [0.5, 0.6) is 11.5 Å². The van der Waals surface area contributed by atoms with Crippen molar-refractivity contribution in [2.24, 2.45) is 4.99 Å². The van der Waals surface area contributed by atoms with Crippen molar-refractivity contribution in [1.29, 1.82) is 0 Å². The SMILES string of the molecule is CCOc1c(Cl)cc(CNC(=NC)NCc2ccccc2F)cc1OC.I. The van der Waals surface area contributed by atoms with Gasteiger partial charge in [-0.3, -0.25) is 4.99 Å². The lowest BCUT2D eigenvalue weighted by molar-refractivity contribution is 0.311. The third kappa shape index (κ3) is 6.73. The summed E-state index contributed by atoms with van der Waals surface area (Å²) >= 11 is 6.28. The number of hydrogen-bond acceptors (Lipinski definition) is 3. The van der Waals surface area contributed by atoms with Gasteiger partial charge in [0, 0.05) is 25.7 Å². The summed E-state index contributed by atoms with van der Waals surface area (Å²) in [5.41, 5.74) is 1.48. The molecule has 8 heteroatoms. The first-order chi connectivity index (χ1) is 12.6. The number of halogens is 3. The van der Waals surface area contributed by atoms with E-state index >= 15 is 0 Å². The van der Waals surface area contributed by atoms with Crippen molar-refractivity contribution >= 4 is 41.5 Å². The fourth-order valence-electron chi connectivity index (χ4n) is 2.39. The molecule has 0 aliphatic heterocycles. The number of nitrogens with one attached hydrogen (secondary N) is 2. The molecule has 0 radical (unpaired) electrons. The van der Waals surface area contributed by atoms with E-state index in [0.29, 0.717) is 47.7 Å². The zero-order valence-electron chi connectivity index (χ0n) is 15.5. The van der Waals surface area contributed by atoms with Crippen LogP contribution in [0.2, 0.25) is 5.02 Å². The molecule has 0 heterocycles. The number of hydrogen-bond donors (Lipinski definition) is 2. The molecular weight excluding hydrogens is 484 g/mol. The van der Waals surface area contributed by atoms with E-state index in [1.165, 1.54) is 6.07 Å². The third-order valence-corrected chi connectivity index (χ3v) is 3.95. The lowest BCUT2D eigenvalue weighted by Crippen LogP contribution is -2.36. The lowest BCUT2D eigenvalue weighted by Gasteiger charge is -2.15. The smallest absolute Gasteiger partial charge is 0.191 e. The van der Waals surface area contributed by atoms with Gasteiger partial charge in [0.15, 0.2) is 17.5 Å². The van der Waals surface area contributed by atoms with Gasteiger partial charge in [0.25, 0.3) is 0 Å². The summed E-state index contributed by atoms with van der Waals surface area (Å²) in [6.45, 7) is 3.19. The predicted molar refractivity (Wildman–Crippen MR) is 118 cm³/mol. The van der Waals surface area contributed by atoms with E-state index in [1.807, 2.05) is 19.1 Å². The van der Waals surface area contributed by atoms with E-state index in [-0.39, 0.29) is 29.8 Å². The molecular formula is C19H24ClFIN3O2. The monoisotopic (exact) mass is 507 g/mol. The Kier molecular flexibility index (Phi) is 10.2. The molecule has 0 aliphatic carbocycles. The zero-order valence-corrected chi connectivity index (χ0v) is 18.6. The molecule has 148 valence electrons. The normalized spacial score (nSPS) is 10.8. The van der Waals surface area contributed by atoms with Gasteiger partial charge in [0.1, 0.15) is 5.82 Å². The molecule has 5 nitrogen and oxygen atoms in total. The standard InChI is InChI=1S/C19H23ClFN3O2.HI/c1-4-26-18-15(20)9-13(10-17(18)25-3)11-23-19(22-2)24-12-14-7-5-6-8-16(14)21;/h5-10H,4,11-12H2,1-3H3,(H2,22,23,24);1H. The minimum atomic E-state index is -0.251. The summed E-state index contributed by atoms with van der Waals surface area (Å²) < 4.78 is 24.5. The van der Waals surface area contributed by atoms with Gasteiger partial charge in [0.2, 0.25) is 0 Å². The Morgan fingerprint density at radius 3 is 2.52 bits per heavy atom. The highest BCUT2D eigenvalue weighted by Gasteiger charge is 2.12. The molecule has 27 heavy (non-hydrogen) atoms. The molecule has 0 aromatic heterocycles. The Balaban J connectivity index is 0.00000364. The van der Waals surface area contributed by atoms with Crippen molar-refractivity contribution in [2.45, 2.75) is 20.0 Å². The molecule has 2 aromatic rings. The number of methoxy groups -OCH3 is 1. The van der Waals surface area contributed by atoms with Crippen LogP contribution in [-0.4, -0.2) is 26.7 Å². The van der Waals surface area contributed by atoms with Gasteiger partial charge in [0.05, 0.1) is 18.7 Å². The first kappa shape index (κ1) is 23.3. The molecule has 2 rings (SSSR count). The summed E-state index contributed by atoms with van der Waals surface area (Å²) in [5.74, 6) is 1.41. The van der Waals surface area contributed by atoms with Gasteiger partial charge < -0.3 is 20.1 Å². The highest BCUT2D eigenvalue weighted by molar-refractivity contribution is 14.0. The number of nitrogens with zero attached hydrogens (tertiary/aromatic N) is 1. The molecule has 2 aromatic carbocycles. The molecule has 0 aliphatic rings. The fraction of sp³-hybridized carbons (Fsp3) is 0.316. The third-order valence-electron chi connectivity index (χ3n) is 3.67. The van der Waals surface area contributed by atoms with Crippen LogP contribution in [0.1, 0.15) is 18.1 Å². The van der Waals surface area contributed by atoms with Gasteiger partial charge in [-0.25, -0.2) is 4.39 Å². The molecule has 0 fully saturated rings. The van der Waals surface area contributed by atoms with E-state index < -0.39 is 0 Å². The van der Waals surface area contributed by atoms with E-state index in [9.17, 15) is 4.39 Å². The molecule has 0 saturated heterocycles. The number of ether oxygens (including phenoxy) is 2.